The van der Waals surface area contributed by atoms with Crippen LogP contribution in [0.2, 0.25) is 0 Å². The smallest absolute Gasteiger partial charge is 0.187 e. The van der Waals surface area contributed by atoms with Gasteiger partial charge in [0, 0.05) is 0 Å². The van der Waals surface area contributed by atoms with Crippen molar-refractivity contribution >= 4 is 313 Å². The van der Waals surface area contributed by atoms with Gasteiger partial charge in [-0.25, -0.2) is 0 Å². The van der Waals surface area contributed by atoms with E-state index in [4.69, 9.17) is 0 Å². The monoisotopic (exact) mass is 1670 g/mol. The van der Waals surface area contributed by atoms with Crippen molar-refractivity contribution in [1.29, 1.82) is 0 Å². The molecule has 0 bridgehead atoms. The molecular weight excluding hydrogens is 1690 g/mol. The maximum Gasteiger partial charge on any atom is 0.231 e. The van der Waals surface area contributed by atoms with Gasteiger partial charge in [0.2, 0.25) is 13.3 Å². The summed E-state index contributed by atoms with van der Waals surface area (Å²) in [6.45, 7) is 0. The molecule has 0 heterocycles. The van der Waals surface area contributed by atoms with Crippen LogP contribution in [0.15, 0.2) is 0 Å². The minimum atomic E-state index is -2.64. The van der Waals surface area contributed by atoms with Crippen molar-refractivity contribution in [3.63, 3.8) is 0 Å². The molecule has 0 aromatic carbocycles. The molecule has 0 saturated heterocycles. The van der Waals surface area contributed by atoms with Gasteiger partial charge in [0.05, 0.1) is 0 Å². The highest BCUT2D eigenvalue weighted by Gasteiger charge is 2.79. The predicted octanol–water partition coefficient (Wildman–Crippen LogP) is 13.6. The lowest BCUT2D eigenvalue weighted by Crippen LogP contribution is -2.69. The first-order valence-electron chi connectivity index (χ1n) is 6.13. The van der Waals surface area contributed by atoms with E-state index in [2.05, 4.69) is 303 Å². The van der Waals surface area contributed by atoms with Crippen molar-refractivity contribution in [2.75, 3.05) is 0 Å². The van der Waals surface area contributed by atoms with Gasteiger partial charge in [-0.2, -0.15) is 8.42 Å². The maximum absolute atomic E-state index is 12.0. The van der Waals surface area contributed by atoms with Crippen LogP contribution >= 0.6 is 303 Å². The zero-order valence-corrected chi connectivity index (χ0v) is 43.9. The number of hydrogen-bond donors (Lipinski definition) is 0. The van der Waals surface area contributed by atoms with E-state index < -0.39 is 38.0 Å². The van der Waals surface area contributed by atoms with Crippen LogP contribution < -0.4 is 0 Å². The normalized spacial score (nSPS) is 16.5. The predicted molar refractivity (Wildman–Crippen MR) is 203 cm³/mol. The van der Waals surface area contributed by atoms with Crippen LogP contribution in [0.5, 0.6) is 0 Å². The summed E-state index contributed by atoms with van der Waals surface area (Å²) in [5.41, 5.74) is 0. The van der Waals surface area contributed by atoms with Crippen LogP contribution in [0.25, 0.3) is 0 Å². The van der Waals surface area contributed by atoms with Crippen LogP contribution in [0.1, 0.15) is 0 Å². The third-order valence-electron chi connectivity index (χ3n) is 3.30. The largest absolute Gasteiger partial charge is 0.231 e. The first kappa shape index (κ1) is 39.9. The summed E-state index contributed by atoms with van der Waals surface area (Å²) in [4.78, 5) is 0. The lowest BCUT2D eigenvalue weighted by Gasteiger charge is -2.58. The van der Waals surface area contributed by atoms with Gasteiger partial charge in [-0.3, -0.25) is 0 Å². The molecule has 0 aromatic heterocycles. The van der Waals surface area contributed by atoms with Crippen molar-refractivity contribution in [3.05, 3.63) is 0 Å². The third kappa shape index (κ3) is 7.03. The molecule has 0 rings (SSSR count). The molecule has 0 aliphatic rings. The van der Waals surface area contributed by atoms with Gasteiger partial charge >= 0.3 is 0 Å². The fraction of sp³-hybridized carbons (Fsp3) is 1.00. The summed E-state index contributed by atoms with van der Waals surface area (Å²) < 4.78 is 12.9. The van der Waals surface area contributed by atoms with E-state index in [9.17, 15) is 8.42 Å². The summed E-state index contributed by atoms with van der Waals surface area (Å²) in [5, 5.41) is 0. The van der Waals surface area contributed by atoms with E-state index in [0.29, 0.717) is 0 Å². The summed E-state index contributed by atoms with van der Waals surface area (Å²) in [5.74, 6) is 0. The molecule has 0 aromatic rings. The molecule has 0 fully saturated rings. The van der Waals surface area contributed by atoms with Gasteiger partial charge in [0.1, 0.15) is 19.4 Å². The Labute approximate surface area is 341 Å². The Balaban J connectivity index is 6.98. The van der Waals surface area contributed by atoms with E-state index in [0.717, 1.165) is 0 Å². The summed E-state index contributed by atoms with van der Waals surface area (Å²) in [6.07, 6.45) is 0. The van der Waals surface area contributed by atoms with E-state index in [1.165, 1.54) is 0 Å². The molecule has 0 saturated carbocycles. The van der Waals surface area contributed by atoms with Crippen molar-refractivity contribution in [2.45, 2.75) is 27.3 Å². The highest BCUT2D eigenvalue weighted by Crippen LogP contribution is 2.79. The van der Waals surface area contributed by atoms with Crippen LogP contribution in [0.4, 0.5) is 0 Å². The van der Waals surface area contributed by atoms with Crippen LogP contribution in [0.3, 0.4) is 0 Å². The minimum Gasteiger partial charge on any atom is -0.187 e. The second-order valence-corrected chi connectivity index (χ2v) is 41.7. The van der Waals surface area contributed by atoms with Crippen molar-refractivity contribution < 1.29 is 8.42 Å². The average molecular weight is 1690 g/mol. The Morgan fingerprint density at radius 1 is 0.323 bits per heavy atom. The Morgan fingerprint density at radius 3 is 0.710 bits per heavy atom. The molecular formula is C9Br19O2S. The second kappa shape index (κ2) is 12.9. The first-order chi connectivity index (χ1) is 12.9. The average Bonchev–Trinajstić information content (AvgIpc) is 2.52. The van der Waals surface area contributed by atoms with Crippen molar-refractivity contribution in [3.8, 4) is 0 Å². The Morgan fingerprint density at radius 2 is 0.516 bits per heavy atom. The van der Waals surface area contributed by atoms with Crippen molar-refractivity contribution in [1.82, 2.24) is 0 Å². The summed E-state index contributed by atoms with van der Waals surface area (Å²) >= 11 is 68.5. The van der Waals surface area contributed by atoms with E-state index in [1.54, 1.807) is 0 Å². The SMILES string of the molecule is O=[S](=O)C(Br)(Br)C(Br)(Br)C(Br)(Br)C(Br)(Br)C(Br)(Br)C(Br)(Br)C(Br)(Br)C(Br)(Br)C(Br)(Br)Br. The van der Waals surface area contributed by atoms with Crippen molar-refractivity contribution in [2.24, 2.45) is 0 Å². The molecule has 0 amide bonds. The molecule has 22 heteroatoms. The minimum absolute atomic E-state index is 0.869. The van der Waals surface area contributed by atoms with Gasteiger partial charge in [0.15, 0.2) is 5.38 Å². The number of alkyl halides is 19. The van der Waals surface area contributed by atoms with Crippen LogP contribution in [-0.4, -0.2) is 35.8 Å². The highest BCUT2D eigenvalue weighted by molar-refractivity contribution is 9.42. The zero-order valence-electron chi connectivity index (χ0n) is 12.9. The zero-order chi connectivity index (χ0) is 26.1. The van der Waals surface area contributed by atoms with Gasteiger partial charge in [-0.1, -0.05) is 271 Å². The van der Waals surface area contributed by atoms with Gasteiger partial charge in [-0.05, 0) is 31.9 Å². The number of hydrogen-bond acceptors (Lipinski definition) is 2. The lowest BCUT2D eigenvalue weighted by molar-refractivity contribution is 0.572. The van der Waals surface area contributed by atoms with Gasteiger partial charge in [-0.15, -0.1) is 0 Å². The summed E-state index contributed by atoms with van der Waals surface area (Å²) in [6, 6.07) is 0. The molecule has 31 heavy (non-hydrogen) atoms. The molecule has 0 spiro atoms. The van der Waals surface area contributed by atoms with E-state index in [1.807, 2.05) is 0 Å². The standard InChI is InChI=1S/C9Br19O2S/c10-1(11,2(12,13)4(16,17)6(20,21)8(24,25)26)3(14,15)5(18,19)7(22,23)9(27,28)31(29)30. The molecule has 187 valence electrons. The summed E-state index contributed by atoms with van der Waals surface area (Å²) in [7, 11) is -2.64. The maximum atomic E-state index is 12.0. The third-order valence-corrected chi connectivity index (χ3v) is 43.8. The molecule has 0 N–H and O–H groups in total. The fourth-order valence-electron chi connectivity index (χ4n) is 1.45. The molecule has 0 atom stereocenters. The van der Waals surface area contributed by atoms with Gasteiger partial charge < -0.3 is 0 Å². The topological polar surface area (TPSA) is 34.1 Å². The second-order valence-electron chi connectivity index (χ2n) is 5.27. The van der Waals surface area contributed by atoms with Gasteiger partial charge in [0.25, 0.3) is 0 Å². The number of rotatable bonds is 8. The molecule has 2 nitrogen and oxygen atoms in total. The number of halogens is 19. The van der Waals surface area contributed by atoms with Crippen LogP contribution in [0, 0.1) is 0 Å². The lowest BCUT2D eigenvalue weighted by atomic mass is 10.1. The Bertz CT molecular complexity index is 751. The van der Waals surface area contributed by atoms with E-state index in [-0.39, 0.29) is 0 Å². The molecule has 0 aliphatic heterocycles. The van der Waals surface area contributed by atoms with Crippen LogP contribution in [-0.2, 0) is 10.7 Å². The Hall–Kier alpha value is 8.94. The van der Waals surface area contributed by atoms with E-state index >= 15 is 0 Å². The quantitative estimate of drug-likeness (QED) is 0.227. The highest BCUT2D eigenvalue weighted by atomic mass is 80.0. The molecule has 1 radical (unpaired) electrons. The molecule has 0 unspecified atom stereocenters. The molecule has 0 aliphatic carbocycles. The first-order valence-corrected chi connectivity index (χ1v) is 22.3. The Kier molecular flexibility index (Phi) is 16.6. The fourth-order valence-corrected chi connectivity index (χ4v) is 19.5.